The molecular weight excluding hydrogens is 394 g/mol. The minimum Gasteiger partial charge on any atom is -0.468 e. The predicted octanol–water partition coefficient (Wildman–Crippen LogP) is 3.45. The fourth-order valence-electron chi connectivity index (χ4n) is 2.82. The van der Waals surface area contributed by atoms with Crippen molar-refractivity contribution in [2.45, 2.75) is 38.2 Å². The zero-order valence-corrected chi connectivity index (χ0v) is 17.3. The summed E-state index contributed by atoms with van der Waals surface area (Å²) in [4.78, 5) is 10.6. The largest absolute Gasteiger partial charge is 0.468 e. The van der Waals surface area contributed by atoms with Crippen LogP contribution in [0.2, 0.25) is 0 Å². The van der Waals surface area contributed by atoms with Crippen molar-refractivity contribution in [1.82, 2.24) is 4.31 Å². The summed E-state index contributed by atoms with van der Waals surface area (Å²) in [6.07, 6.45) is -0.713. The second-order valence-electron chi connectivity index (χ2n) is 6.40. The third-order valence-corrected chi connectivity index (χ3v) is 6.47. The van der Waals surface area contributed by atoms with Crippen molar-refractivity contribution in [2.75, 3.05) is 13.1 Å². The van der Waals surface area contributed by atoms with E-state index in [2.05, 4.69) is 0 Å². The van der Waals surface area contributed by atoms with Crippen LogP contribution in [0.15, 0.2) is 47.4 Å². The number of aryl methyl sites for hydroxylation is 1. The highest BCUT2D eigenvalue weighted by atomic mass is 32.2. The molecule has 0 bridgehead atoms. The number of nitrogens with zero attached hydrogens (tertiary/aromatic N) is 3. The second kappa shape index (κ2) is 9.49. The highest BCUT2D eigenvalue weighted by Crippen LogP contribution is 2.32. The molecule has 8 nitrogen and oxygen atoms in total. The minimum atomic E-state index is -3.85. The first kappa shape index (κ1) is 22.3. The molecule has 0 saturated heterocycles. The molecule has 0 aromatic heterocycles. The quantitative estimate of drug-likeness (QED) is 0.456. The van der Waals surface area contributed by atoms with Gasteiger partial charge < -0.3 is 4.74 Å². The summed E-state index contributed by atoms with van der Waals surface area (Å²) in [6, 6.07) is 13.0. The first-order valence-corrected chi connectivity index (χ1v) is 10.6. The number of rotatable bonds is 9. The summed E-state index contributed by atoms with van der Waals surface area (Å²) in [6.45, 7) is 5.82. The van der Waals surface area contributed by atoms with E-state index in [1.165, 1.54) is 16.4 Å². The summed E-state index contributed by atoms with van der Waals surface area (Å²) in [5.74, 6) is -0.146. The molecule has 0 radical (unpaired) electrons. The third kappa shape index (κ3) is 5.31. The Balaban J connectivity index is 2.34. The standard InChI is InChI=1S/C20H23N3O5S/c1-4-22(5-2)29(26,27)18-10-11-20(19(13-18)23(24)25)28-17(14-21)12-16-8-6-15(3)7-9-16/h6-11,13,17H,4-5,12H2,1-3H3/t17-/m0/s1. The van der Waals surface area contributed by atoms with E-state index in [9.17, 15) is 23.8 Å². The topological polar surface area (TPSA) is 114 Å². The Labute approximate surface area is 170 Å². The van der Waals surface area contributed by atoms with Gasteiger partial charge in [0.15, 0.2) is 11.9 Å². The van der Waals surface area contributed by atoms with E-state index in [0.717, 1.165) is 17.2 Å². The maximum absolute atomic E-state index is 12.6. The van der Waals surface area contributed by atoms with Gasteiger partial charge in [0, 0.05) is 25.6 Å². The monoisotopic (exact) mass is 417 g/mol. The number of hydrogen-bond acceptors (Lipinski definition) is 6. The first-order valence-electron chi connectivity index (χ1n) is 9.13. The smallest absolute Gasteiger partial charge is 0.312 e. The van der Waals surface area contributed by atoms with Crippen LogP contribution < -0.4 is 4.74 Å². The van der Waals surface area contributed by atoms with E-state index in [0.29, 0.717) is 0 Å². The van der Waals surface area contributed by atoms with E-state index in [4.69, 9.17) is 4.74 Å². The van der Waals surface area contributed by atoms with E-state index in [1.807, 2.05) is 37.3 Å². The molecule has 2 aromatic rings. The van der Waals surface area contributed by atoms with Crippen molar-refractivity contribution in [3.8, 4) is 11.8 Å². The van der Waals surface area contributed by atoms with Crippen molar-refractivity contribution in [3.05, 3.63) is 63.7 Å². The summed E-state index contributed by atoms with van der Waals surface area (Å²) in [5, 5.41) is 20.9. The van der Waals surface area contributed by atoms with Gasteiger partial charge in [-0.25, -0.2) is 8.42 Å². The fourth-order valence-corrected chi connectivity index (χ4v) is 4.30. The van der Waals surface area contributed by atoms with E-state index < -0.39 is 26.7 Å². The van der Waals surface area contributed by atoms with Crippen molar-refractivity contribution in [1.29, 1.82) is 5.26 Å². The SMILES string of the molecule is CCN(CC)S(=O)(=O)c1ccc(O[C@H](C#N)Cc2ccc(C)cc2)c([N+](=O)[O-])c1. The lowest BCUT2D eigenvalue weighted by Gasteiger charge is -2.19. The van der Waals surface area contributed by atoms with Crippen molar-refractivity contribution < 1.29 is 18.1 Å². The Morgan fingerprint density at radius 3 is 2.31 bits per heavy atom. The Morgan fingerprint density at radius 2 is 1.79 bits per heavy atom. The number of nitro groups is 1. The van der Waals surface area contributed by atoms with Crippen LogP contribution in [0.1, 0.15) is 25.0 Å². The number of nitro benzene ring substituents is 1. The molecule has 1 atom stereocenters. The Bertz CT molecular complexity index is 1010. The Kier molecular flexibility index (Phi) is 7.31. The molecule has 2 aromatic carbocycles. The van der Waals surface area contributed by atoms with E-state index in [-0.39, 0.29) is 30.2 Å². The number of benzene rings is 2. The molecule has 0 unspecified atom stereocenters. The number of hydrogen-bond donors (Lipinski definition) is 0. The van der Waals surface area contributed by atoms with Crippen LogP contribution in [-0.2, 0) is 16.4 Å². The lowest BCUT2D eigenvalue weighted by molar-refractivity contribution is -0.386. The maximum atomic E-state index is 12.6. The molecule has 0 aliphatic carbocycles. The van der Waals surface area contributed by atoms with Gasteiger partial charge >= 0.3 is 5.69 Å². The minimum absolute atomic E-state index is 0.146. The molecular formula is C20H23N3O5S. The molecule has 0 fully saturated rings. The molecule has 0 amide bonds. The van der Waals surface area contributed by atoms with Crippen LogP contribution in [0.3, 0.4) is 0 Å². The Hall–Kier alpha value is -2.96. The van der Waals surface area contributed by atoms with Gasteiger partial charge in [0.05, 0.1) is 9.82 Å². The van der Waals surface area contributed by atoms with E-state index >= 15 is 0 Å². The Morgan fingerprint density at radius 1 is 1.17 bits per heavy atom. The molecule has 0 aliphatic rings. The van der Waals surface area contributed by atoms with Crippen LogP contribution in [0.25, 0.3) is 0 Å². The molecule has 0 spiro atoms. The van der Waals surface area contributed by atoms with Crippen LogP contribution in [0, 0.1) is 28.4 Å². The average Bonchev–Trinajstić information content (AvgIpc) is 2.69. The van der Waals surface area contributed by atoms with Gasteiger partial charge in [-0.05, 0) is 24.6 Å². The molecule has 29 heavy (non-hydrogen) atoms. The van der Waals surface area contributed by atoms with Crippen LogP contribution in [0.5, 0.6) is 5.75 Å². The second-order valence-corrected chi connectivity index (χ2v) is 8.34. The normalized spacial score (nSPS) is 12.4. The zero-order valence-electron chi connectivity index (χ0n) is 16.5. The number of ether oxygens (including phenoxy) is 1. The summed E-state index contributed by atoms with van der Waals surface area (Å²) >= 11 is 0. The van der Waals surface area contributed by atoms with Crippen molar-refractivity contribution in [2.24, 2.45) is 0 Å². The molecule has 9 heteroatoms. The molecule has 0 aliphatic heterocycles. The van der Waals surface area contributed by atoms with Crippen molar-refractivity contribution in [3.63, 3.8) is 0 Å². The molecule has 0 N–H and O–H groups in total. The maximum Gasteiger partial charge on any atom is 0.312 e. The van der Waals surface area contributed by atoms with Crippen LogP contribution in [0.4, 0.5) is 5.69 Å². The number of nitriles is 1. The lowest BCUT2D eigenvalue weighted by Crippen LogP contribution is -2.30. The average molecular weight is 417 g/mol. The first-order chi connectivity index (χ1) is 13.7. The van der Waals surface area contributed by atoms with Gasteiger partial charge in [-0.15, -0.1) is 0 Å². The predicted molar refractivity (Wildman–Crippen MR) is 108 cm³/mol. The number of sulfonamides is 1. The van der Waals surface area contributed by atoms with Gasteiger partial charge in [0.2, 0.25) is 10.0 Å². The fraction of sp³-hybridized carbons (Fsp3) is 0.350. The molecule has 0 heterocycles. The zero-order chi connectivity index (χ0) is 21.6. The van der Waals surface area contributed by atoms with Gasteiger partial charge in [-0.3, -0.25) is 10.1 Å². The summed E-state index contributed by atoms with van der Waals surface area (Å²) in [5.41, 5.74) is 1.43. The third-order valence-electron chi connectivity index (χ3n) is 4.43. The summed E-state index contributed by atoms with van der Waals surface area (Å²) in [7, 11) is -3.85. The van der Waals surface area contributed by atoms with Gasteiger partial charge in [-0.2, -0.15) is 9.57 Å². The summed E-state index contributed by atoms with van der Waals surface area (Å²) < 4.78 is 32.0. The van der Waals surface area contributed by atoms with Crippen molar-refractivity contribution >= 4 is 15.7 Å². The lowest BCUT2D eigenvalue weighted by atomic mass is 10.1. The van der Waals surface area contributed by atoms with Gasteiger partial charge in [0.25, 0.3) is 0 Å². The van der Waals surface area contributed by atoms with Gasteiger partial charge in [0.1, 0.15) is 6.07 Å². The highest BCUT2D eigenvalue weighted by molar-refractivity contribution is 7.89. The van der Waals surface area contributed by atoms with Gasteiger partial charge in [-0.1, -0.05) is 43.7 Å². The highest BCUT2D eigenvalue weighted by Gasteiger charge is 2.27. The molecule has 0 saturated carbocycles. The van der Waals surface area contributed by atoms with E-state index in [1.54, 1.807) is 13.8 Å². The van der Waals surface area contributed by atoms with Crippen LogP contribution >= 0.6 is 0 Å². The molecule has 154 valence electrons. The molecule has 2 rings (SSSR count). The van der Waals surface area contributed by atoms with Crippen LogP contribution in [-0.4, -0.2) is 36.8 Å².